The summed E-state index contributed by atoms with van der Waals surface area (Å²) in [5, 5.41) is 7.44. The summed E-state index contributed by atoms with van der Waals surface area (Å²) in [6.07, 6.45) is 2.89. The lowest BCUT2D eigenvalue weighted by atomic mass is 9.96. The number of nitrogens with two attached hydrogens (primary N) is 1. The fourth-order valence-corrected chi connectivity index (χ4v) is 9.91. The molecule has 5 N–H and O–H groups in total. The zero-order valence-corrected chi connectivity index (χ0v) is 41.0. The number of anilines is 3. The summed E-state index contributed by atoms with van der Waals surface area (Å²) in [6.45, 7) is 2.16. The second-order valence-electron chi connectivity index (χ2n) is 18.7. The molecule has 6 heterocycles. The van der Waals surface area contributed by atoms with Gasteiger partial charge in [-0.05, 0) is 106 Å². The Labute approximate surface area is 419 Å². The number of fused-ring (bicyclic) bond motifs is 2. The van der Waals surface area contributed by atoms with E-state index >= 15 is 0 Å². The number of imidazole rings is 1. The lowest BCUT2D eigenvalue weighted by Crippen LogP contribution is -2.49. The van der Waals surface area contributed by atoms with Crippen molar-refractivity contribution in [3.8, 4) is 34.9 Å². The lowest BCUT2D eigenvalue weighted by molar-refractivity contribution is -0.140. The monoisotopic (exact) mass is 1010 g/mol. The molecule has 0 unspecified atom stereocenters. The van der Waals surface area contributed by atoms with E-state index in [1.54, 1.807) is 48.7 Å². The zero-order chi connectivity index (χ0) is 50.5. The van der Waals surface area contributed by atoms with Gasteiger partial charge in [0.25, 0.3) is 6.01 Å². The number of halogens is 5. The van der Waals surface area contributed by atoms with E-state index in [4.69, 9.17) is 36.8 Å². The molecule has 1 aliphatic carbocycles. The molecule has 2 aromatic carbocycles. The van der Waals surface area contributed by atoms with Gasteiger partial charge < -0.3 is 50.1 Å². The first kappa shape index (κ1) is 50.2. The van der Waals surface area contributed by atoms with Crippen LogP contribution in [0.4, 0.5) is 34.8 Å². The summed E-state index contributed by atoms with van der Waals surface area (Å²) in [7, 11) is 3.34. The Balaban J connectivity index is 0.766. The van der Waals surface area contributed by atoms with Gasteiger partial charge in [0.15, 0.2) is 5.65 Å². The van der Waals surface area contributed by atoms with Gasteiger partial charge in [-0.1, -0.05) is 30.0 Å². The highest BCUT2D eigenvalue weighted by molar-refractivity contribution is 6.33. The highest BCUT2D eigenvalue weighted by atomic mass is 35.5. The molecule has 2 amide bonds. The topological polar surface area (TPSA) is 172 Å². The first-order valence-electron chi connectivity index (χ1n) is 24.4. The Morgan fingerprint density at radius 1 is 0.986 bits per heavy atom. The van der Waals surface area contributed by atoms with Crippen molar-refractivity contribution in [2.75, 3.05) is 75.5 Å². The van der Waals surface area contributed by atoms with E-state index in [1.807, 2.05) is 29.0 Å². The van der Waals surface area contributed by atoms with Crippen LogP contribution in [-0.4, -0.2) is 131 Å². The van der Waals surface area contributed by atoms with Crippen molar-refractivity contribution in [2.24, 2.45) is 5.73 Å². The van der Waals surface area contributed by atoms with Gasteiger partial charge in [0, 0.05) is 79.7 Å². The Hall–Kier alpha value is -6.78. The number of hydrogen-bond acceptors (Lipinski definition) is 11. The van der Waals surface area contributed by atoms with E-state index in [-0.39, 0.29) is 30.8 Å². The van der Waals surface area contributed by atoms with Crippen LogP contribution >= 0.6 is 11.6 Å². The van der Waals surface area contributed by atoms with Crippen LogP contribution in [0.1, 0.15) is 73.0 Å². The molecule has 1 saturated carbocycles. The van der Waals surface area contributed by atoms with Crippen LogP contribution in [0.15, 0.2) is 60.8 Å². The van der Waals surface area contributed by atoms with Crippen LogP contribution in [-0.2, 0) is 17.8 Å². The Kier molecular flexibility index (Phi) is 15.3. The second kappa shape index (κ2) is 21.9. The van der Waals surface area contributed by atoms with Gasteiger partial charge in [0.2, 0.25) is 11.8 Å². The number of ether oxygens (including phenoxy) is 2. The Morgan fingerprint density at radius 2 is 1.81 bits per heavy atom. The molecule has 3 fully saturated rings. The van der Waals surface area contributed by atoms with Gasteiger partial charge in [-0.25, -0.2) is 14.4 Å². The van der Waals surface area contributed by atoms with Crippen LogP contribution in [0.25, 0.3) is 33.3 Å². The van der Waals surface area contributed by atoms with Crippen molar-refractivity contribution in [3.63, 3.8) is 0 Å². The van der Waals surface area contributed by atoms with Crippen LogP contribution < -0.4 is 30.7 Å². The number of nitrogens with zero attached hydrogens (tertiary/aromatic N) is 7. The molecule has 6 aromatic rings. The van der Waals surface area contributed by atoms with Crippen molar-refractivity contribution in [2.45, 2.75) is 88.8 Å². The molecule has 9 rings (SSSR count). The maximum absolute atomic E-state index is 14.9. The minimum atomic E-state index is -4.52. The number of amides is 2. The summed E-state index contributed by atoms with van der Waals surface area (Å²) < 4.78 is 69.4. The van der Waals surface area contributed by atoms with Crippen LogP contribution in [0, 0.1) is 11.8 Å². The fraction of sp³-hybridized carbons (Fsp3) is 0.442. The van der Waals surface area contributed by atoms with E-state index in [1.165, 1.54) is 7.11 Å². The van der Waals surface area contributed by atoms with Crippen molar-refractivity contribution in [3.05, 3.63) is 82.6 Å². The standard InChI is InChI=1S/C52H58ClF4N11O4/c1-65-22-20-41(39(54)30-65)61-40-13-7-14-44-37(40)27-33(68(44)31-52(55,56)57)9-8-21-59-42-18-17-36(49(58)70)35(48(42)71-2)12-4-3-5-15-46(69)67-25-23-66(24-26-67)45-19-16-32(29-60-45)47-38(53)28-43-50(63-47)64-51(62-43)72-34-10-6-11-34/h7,13-14,16-19,27-29,34,39,41,59,61H,3-6,10-12,15,20-26,30-31H2,1-2H3,(H2,58,70)(H,62,63,64)/t39-,41+/m0/s1. The number of alkyl halides is 4. The average Bonchev–Trinajstić information content (AvgIpc) is 3.91. The van der Waals surface area contributed by atoms with Crippen molar-refractivity contribution in [1.29, 1.82) is 0 Å². The largest absolute Gasteiger partial charge is 0.494 e. The number of H-pyrrole nitrogens is 1. The number of benzene rings is 2. The van der Waals surface area contributed by atoms with E-state index in [0.717, 1.165) is 35.2 Å². The first-order valence-corrected chi connectivity index (χ1v) is 24.8. The molecule has 4 aromatic heterocycles. The van der Waals surface area contributed by atoms with Crippen LogP contribution in [0.2, 0.25) is 5.02 Å². The molecule has 15 nitrogen and oxygen atoms in total. The number of nitrogens with one attached hydrogen (secondary N) is 3. The smallest absolute Gasteiger partial charge is 0.406 e. The highest BCUT2D eigenvalue weighted by Crippen LogP contribution is 2.35. The van der Waals surface area contributed by atoms with Gasteiger partial charge >= 0.3 is 6.18 Å². The number of methoxy groups -OCH3 is 1. The number of primary amides is 1. The number of carbonyl (C=O) groups excluding carboxylic acids is 2. The number of carbonyl (C=O) groups is 2. The van der Waals surface area contributed by atoms with E-state index in [0.29, 0.717) is 138 Å². The molecule has 380 valence electrons. The number of pyridine rings is 2. The summed E-state index contributed by atoms with van der Waals surface area (Å²) in [5.74, 6) is 6.53. The third kappa shape index (κ3) is 11.6. The zero-order valence-electron chi connectivity index (χ0n) is 40.3. The average molecular weight is 1010 g/mol. The molecular weight excluding hydrogens is 954 g/mol. The third-order valence-electron chi connectivity index (χ3n) is 13.7. The first-order chi connectivity index (χ1) is 34.7. The number of unbranched alkanes of at least 4 members (excludes halogenated alkanes) is 2. The maximum Gasteiger partial charge on any atom is 0.406 e. The van der Waals surface area contributed by atoms with E-state index < -0.39 is 30.8 Å². The van der Waals surface area contributed by atoms with E-state index in [2.05, 4.69) is 37.3 Å². The molecule has 2 saturated heterocycles. The SMILES string of the molecule is COc1c(NCC#Cc2cc3c(N[C@@H]4CCN(C)C[C@@H]4F)cccc3n2CC(F)(F)F)ccc(C(N)=O)c1CCCCCC(=O)N1CCN(c2ccc(-c3nc4nc(OC5CCC5)[nH]c4cc3Cl)cn2)CC1. The lowest BCUT2D eigenvalue weighted by Gasteiger charge is -2.35. The molecule has 0 spiro atoms. The number of hydrogen-bond donors (Lipinski definition) is 4. The predicted molar refractivity (Wildman–Crippen MR) is 271 cm³/mol. The number of piperidine rings is 1. The van der Waals surface area contributed by atoms with Crippen molar-refractivity contribution < 1.29 is 36.6 Å². The van der Waals surface area contributed by atoms with Crippen LogP contribution in [0.5, 0.6) is 11.8 Å². The normalized spacial score (nSPS) is 17.7. The number of piperazine rings is 1. The quantitative estimate of drug-likeness (QED) is 0.0392. The number of likely N-dealkylation sites (tertiary alicyclic amines) is 1. The van der Waals surface area contributed by atoms with Gasteiger partial charge in [0.05, 0.1) is 52.8 Å². The predicted octanol–water partition coefficient (Wildman–Crippen LogP) is 8.60. The van der Waals surface area contributed by atoms with Gasteiger partial charge in [-0.3, -0.25) is 9.59 Å². The summed E-state index contributed by atoms with van der Waals surface area (Å²) >= 11 is 6.64. The third-order valence-corrected chi connectivity index (χ3v) is 14.0. The summed E-state index contributed by atoms with van der Waals surface area (Å²) in [6, 6.07) is 15.5. The molecule has 2 aliphatic heterocycles. The summed E-state index contributed by atoms with van der Waals surface area (Å²) in [5.41, 5.74) is 10.9. The van der Waals surface area contributed by atoms with Crippen molar-refractivity contribution in [1.82, 2.24) is 34.3 Å². The number of aromatic amines is 1. The Morgan fingerprint density at radius 3 is 2.51 bits per heavy atom. The molecule has 72 heavy (non-hydrogen) atoms. The van der Waals surface area contributed by atoms with Crippen LogP contribution in [0.3, 0.4) is 0 Å². The Bertz CT molecular complexity index is 2980. The molecule has 0 radical (unpaired) electrons. The highest BCUT2D eigenvalue weighted by Gasteiger charge is 2.32. The minimum Gasteiger partial charge on any atom is -0.494 e. The molecule has 3 aliphatic rings. The fourth-order valence-electron chi connectivity index (χ4n) is 9.65. The second-order valence-corrected chi connectivity index (χ2v) is 19.1. The van der Waals surface area contributed by atoms with Gasteiger partial charge in [-0.2, -0.15) is 18.2 Å². The minimum absolute atomic E-state index is 0.0391. The van der Waals surface area contributed by atoms with Gasteiger partial charge in [-0.15, -0.1) is 0 Å². The molecular formula is C52H58ClF4N11O4. The molecule has 20 heteroatoms. The number of aromatic nitrogens is 5. The van der Waals surface area contributed by atoms with Gasteiger partial charge in [0.1, 0.15) is 30.4 Å². The maximum atomic E-state index is 14.9. The summed E-state index contributed by atoms with van der Waals surface area (Å²) in [4.78, 5) is 48.9. The molecule has 0 bridgehead atoms. The number of rotatable bonds is 17. The van der Waals surface area contributed by atoms with E-state index in [9.17, 15) is 27.2 Å². The molecule has 2 atom stereocenters. The van der Waals surface area contributed by atoms with Crippen molar-refractivity contribution >= 4 is 62.7 Å².